The maximum absolute atomic E-state index is 9.33. The predicted octanol–water partition coefficient (Wildman–Crippen LogP) is 3.95. The van der Waals surface area contributed by atoms with Gasteiger partial charge in [-0.05, 0) is 68.5 Å². The zero-order valence-electron chi connectivity index (χ0n) is 15.6. The van der Waals surface area contributed by atoms with E-state index in [2.05, 4.69) is 25.2 Å². The second-order valence-electron chi connectivity index (χ2n) is 6.57. The number of hydrogen-bond donors (Lipinski definition) is 2. The van der Waals surface area contributed by atoms with Crippen LogP contribution in [0.2, 0.25) is 0 Å². The molecule has 0 saturated carbocycles. The van der Waals surface area contributed by atoms with Crippen molar-refractivity contribution in [3.63, 3.8) is 0 Å². The molecule has 2 rings (SSSR count). The number of phenols is 1. The molecule has 0 aliphatic carbocycles. The lowest BCUT2D eigenvalue weighted by atomic mass is 10.0. The number of rotatable bonds is 9. The van der Waals surface area contributed by atoms with Gasteiger partial charge in [-0.15, -0.1) is 0 Å². The van der Waals surface area contributed by atoms with Gasteiger partial charge >= 0.3 is 0 Å². The Balaban J connectivity index is 1.82. The molecule has 0 aromatic heterocycles. The molecule has 0 aliphatic rings. The van der Waals surface area contributed by atoms with Crippen LogP contribution in [0.5, 0.6) is 17.2 Å². The van der Waals surface area contributed by atoms with Gasteiger partial charge in [0.2, 0.25) is 0 Å². The van der Waals surface area contributed by atoms with E-state index in [4.69, 9.17) is 9.47 Å². The van der Waals surface area contributed by atoms with Gasteiger partial charge in [0.1, 0.15) is 5.75 Å². The van der Waals surface area contributed by atoms with Crippen LogP contribution in [-0.4, -0.2) is 31.4 Å². The first-order valence-corrected chi connectivity index (χ1v) is 8.76. The minimum Gasteiger partial charge on any atom is -0.508 e. The average Bonchev–Trinajstić information content (AvgIpc) is 2.61. The van der Waals surface area contributed by atoms with Gasteiger partial charge in [-0.2, -0.15) is 0 Å². The lowest BCUT2D eigenvalue weighted by Crippen LogP contribution is -2.36. The van der Waals surface area contributed by atoms with E-state index >= 15 is 0 Å². The SMILES string of the molecule is COc1ccc(CC(C)NC(C)CCc2ccc(O)cc2)cc1OC. The first-order valence-electron chi connectivity index (χ1n) is 8.76. The van der Waals surface area contributed by atoms with Gasteiger partial charge in [-0.1, -0.05) is 18.2 Å². The number of phenolic OH excluding ortho intramolecular Hbond substituents is 1. The second kappa shape index (κ2) is 9.33. The van der Waals surface area contributed by atoms with Crippen LogP contribution in [-0.2, 0) is 12.8 Å². The van der Waals surface area contributed by atoms with E-state index in [0.717, 1.165) is 30.8 Å². The standard InChI is InChI=1S/C21H29NO3/c1-15(5-6-17-7-10-19(23)11-8-17)22-16(2)13-18-9-12-20(24-3)21(14-18)25-4/h7-12,14-16,22-23H,5-6,13H2,1-4H3. The van der Waals surface area contributed by atoms with E-state index in [1.54, 1.807) is 26.4 Å². The number of ether oxygens (including phenoxy) is 2. The van der Waals surface area contributed by atoms with E-state index in [9.17, 15) is 5.11 Å². The summed E-state index contributed by atoms with van der Waals surface area (Å²) in [6, 6.07) is 14.3. The zero-order valence-corrected chi connectivity index (χ0v) is 15.6. The first-order chi connectivity index (χ1) is 12.0. The van der Waals surface area contributed by atoms with Crippen LogP contribution in [0.4, 0.5) is 0 Å². The van der Waals surface area contributed by atoms with Gasteiger partial charge in [0.05, 0.1) is 14.2 Å². The molecule has 2 atom stereocenters. The van der Waals surface area contributed by atoms with Crippen LogP contribution >= 0.6 is 0 Å². The van der Waals surface area contributed by atoms with Gasteiger partial charge in [-0.25, -0.2) is 0 Å². The Morgan fingerprint density at radius 1 is 0.880 bits per heavy atom. The number of methoxy groups -OCH3 is 2. The summed E-state index contributed by atoms with van der Waals surface area (Å²) in [7, 11) is 3.31. The van der Waals surface area contributed by atoms with Crippen molar-refractivity contribution in [2.75, 3.05) is 14.2 Å². The summed E-state index contributed by atoms with van der Waals surface area (Å²) in [5, 5.41) is 13.0. The molecule has 4 heteroatoms. The minimum atomic E-state index is 0.318. The van der Waals surface area contributed by atoms with Crippen LogP contribution in [0, 0.1) is 0 Å². The summed E-state index contributed by atoms with van der Waals surface area (Å²) >= 11 is 0. The Labute approximate surface area is 150 Å². The van der Waals surface area contributed by atoms with Crippen molar-refractivity contribution < 1.29 is 14.6 Å². The number of benzene rings is 2. The van der Waals surface area contributed by atoms with Gasteiger partial charge in [-0.3, -0.25) is 0 Å². The van der Waals surface area contributed by atoms with Crippen molar-refractivity contribution in [1.82, 2.24) is 5.32 Å². The Hall–Kier alpha value is -2.20. The number of nitrogens with one attached hydrogen (secondary N) is 1. The van der Waals surface area contributed by atoms with E-state index in [1.807, 2.05) is 24.3 Å². The largest absolute Gasteiger partial charge is 0.508 e. The van der Waals surface area contributed by atoms with Crippen molar-refractivity contribution in [2.24, 2.45) is 0 Å². The summed E-state index contributed by atoms with van der Waals surface area (Å²) < 4.78 is 10.7. The summed E-state index contributed by atoms with van der Waals surface area (Å²) in [6.07, 6.45) is 2.99. The molecular weight excluding hydrogens is 314 g/mol. The molecule has 2 aromatic rings. The van der Waals surface area contributed by atoms with Crippen molar-refractivity contribution in [1.29, 1.82) is 0 Å². The Bertz CT molecular complexity index is 655. The summed E-state index contributed by atoms with van der Waals surface area (Å²) in [6.45, 7) is 4.42. The molecule has 0 bridgehead atoms. The molecule has 0 saturated heterocycles. The van der Waals surface area contributed by atoms with Crippen LogP contribution in [0.25, 0.3) is 0 Å². The molecule has 2 N–H and O–H groups in total. The monoisotopic (exact) mass is 343 g/mol. The molecule has 25 heavy (non-hydrogen) atoms. The van der Waals surface area contributed by atoms with E-state index in [-0.39, 0.29) is 0 Å². The third-order valence-electron chi connectivity index (χ3n) is 4.36. The fourth-order valence-corrected chi connectivity index (χ4v) is 3.03. The topological polar surface area (TPSA) is 50.7 Å². The number of hydrogen-bond acceptors (Lipinski definition) is 4. The highest BCUT2D eigenvalue weighted by Crippen LogP contribution is 2.28. The van der Waals surface area contributed by atoms with E-state index in [0.29, 0.717) is 17.8 Å². The van der Waals surface area contributed by atoms with Gasteiger partial charge in [0.15, 0.2) is 11.5 Å². The maximum Gasteiger partial charge on any atom is 0.160 e. The molecule has 0 fully saturated rings. The highest BCUT2D eigenvalue weighted by molar-refractivity contribution is 5.43. The Morgan fingerprint density at radius 2 is 1.52 bits per heavy atom. The van der Waals surface area contributed by atoms with Gasteiger partial charge in [0.25, 0.3) is 0 Å². The molecule has 0 spiro atoms. The molecule has 136 valence electrons. The van der Waals surface area contributed by atoms with Crippen molar-refractivity contribution in [3.8, 4) is 17.2 Å². The first kappa shape index (κ1) is 19.1. The molecule has 0 radical (unpaired) electrons. The second-order valence-corrected chi connectivity index (χ2v) is 6.57. The lowest BCUT2D eigenvalue weighted by Gasteiger charge is -2.20. The Morgan fingerprint density at radius 3 is 2.16 bits per heavy atom. The quantitative estimate of drug-likeness (QED) is 0.724. The number of aryl methyl sites for hydroxylation is 1. The fourth-order valence-electron chi connectivity index (χ4n) is 3.03. The summed E-state index contributed by atoms with van der Waals surface area (Å²) in [5.41, 5.74) is 2.47. The highest BCUT2D eigenvalue weighted by Gasteiger charge is 2.11. The summed E-state index contributed by atoms with van der Waals surface area (Å²) in [5.74, 6) is 1.85. The third kappa shape index (κ3) is 5.98. The van der Waals surface area contributed by atoms with Crippen LogP contribution in [0.3, 0.4) is 0 Å². The fraction of sp³-hybridized carbons (Fsp3) is 0.429. The predicted molar refractivity (Wildman–Crippen MR) is 102 cm³/mol. The highest BCUT2D eigenvalue weighted by atomic mass is 16.5. The van der Waals surface area contributed by atoms with Gasteiger partial charge < -0.3 is 19.9 Å². The molecule has 4 nitrogen and oxygen atoms in total. The molecule has 0 heterocycles. The van der Waals surface area contributed by atoms with E-state index in [1.165, 1.54) is 11.1 Å². The molecule has 0 aliphatic heterocycles. The number of aromatic hydroxyl groups is 1. The summed E-state index contributed by atoms with van der Waals surface area (Å²) in [4.78, 5) is 0. The van der Waals surface area contributed by atoms with Crippen LogP contribution in [0.15, 0.2) is 42.5 Å². The molecule has 2 aromatic carbocycles. The van der Waals surface area contributed by atoms with E-state index < -0.39 is 0 Å². The molecule has 0 amide bonds. The van der Waals surface area contributed by atoms with Crippen molar-refractivity contribution in [2.45, 2.75) is 45.2 Å². The molecule has 2 unspecified atom stereocenters. The smallest absolute Gasteiger partial charge is 0.160 e. The van der Waals surface area contributed by atoms with Crippen molar-refractivity contribution in [3.05, 3.63) is 53.6 Å². The van der Waals surface area contributed by atoms with Crippen molar-refractivity contribution >= 4 is 0 Å². The maximum atomic E-state index is 9.33. The third-order valence-corrected chi connectivity index (χ3v) is 4.36. The van der Waals surface area contributed by atoms with Gasteiger partial charge in [0, 0.05) is 12.1 Å². The molecular formula is C21H29NO3. The zero-order chi connectivity index (χ0) is 18.2. The van der Waals surface area contributed by atoms with Crippen LogP contribution in [0.1, 0.15) is 31.4 Å². The Kier molecular flexibility index (Phi) is 7.14. The normalized spacial score (nSPS) is 13.3. The van der Waals surface area contributed by atoms with Crippen LogP contribution < -0.4 is 14.8 Å². The average molecular weight is 343 g/mol. The lowest BCUT2D eigenvalue weighted by molar-refractivity contribution is 0.354. The minimum absolute atomic E-state index is 0.318.